The van der Waals surface area contributed by atoms with Gasteiger partial charge in [0.2, 0.25) is 0 Å². The van der Waals surface area contributed by atoms with Crippen molar-refractivity contribution in [3.05, 3.63) is 0 Å². The first kappa shape index (κ1) is 14.0. The van der Waals surface area contributed by atoms with E-state index in [-0.39, 0.29) is 5.92 Å². The minimum Gasteiger partial charge on any atom is -0.389 e. The Morgan fingerprint density at radius 2 is 2.22 bits per heavy atom. The van der Waals surface area contributed by atoms with Crippen LogP contribution in [0.5, 0.6) is 0 Å². The van der Waals surface area contributed by atoms with Crippen LogP contribution in [0, 0.1) is 5.92 Å². The van der Waals surface area contributed by atoms with Gasteiger partial charge in [0.05, 0.1) is 12.7 Å². The molecule has 2 fully saturated rings. The Morgan fingerprint density at radius 3 is 2.94 bits per heavy atom. The summed E-state index contributed by atoms with van der Waals surface area (Å²) >= 11 is 0. The summed E-state index contributed by atoms with van der Waals surface area (Å²) in [6, 6.07) is 0.365. The molecule has 4 nitrogen and oxygen atoms in total. The highest BCUT2D eigenvalue weighted by molar-refractivity contribution is 5.82. The lowest BCUT2D eigenvalue weighted by atomic mass is 9.82. The Hall–Kier alpha value is -0.450. The van der Waals surface area contributed by atoms with E-state index < -0.39 is 6.10 Å². The standard InChI is InChI=1S/C14H25NO3/c1-18-10-11(16)9-15-8-4-6-13(15)12-5-2-3-7-14(12)17/h11-13,16H,2-10H2,1H3. The SMILES string of the molecule is COCC(O)CN1CCCC1C1CCCCC1=O. The van der Waals surface area contributed by atoms with Gasteiger partial charge >= 0.3 is 0 Å². The van der Waals surface area contributed by atoms with Crippen LogP contribution >= 0.6 is 0 Å². The van der Waals surface area contributed by atoms with E-state index in [1.54, 1.807) is 7.11 Å². The molecule has 1 aliphatic heterocycles. The van der Waals surface area contributed by atoms with Crippen molar-refractivity contribution in [3.8, 4) is 0 Å². The van der Waals surface area contributed by atoms with E-state index in [2.05, 4.69) is 4.90 Å². The second-order valence-electron chi connectivity index (χ2n) is 5.63. The van der Waals surface area contributed by atoms with Crippen LogP contribution in [0.1, 0.15) is 38.5 Å². The number of ether oxygens (including phenoxy) is 1. The maximum atomic E-state index is 12.0. The Labute approximate surface area is 109 Å². The van der Waals surface area contributed by atoms with E-state index in [1.807, 2.05) is 0 Å². The zero-order valence-electron chi connectivity index (χ0n) is 11.3. The van der Waals surface area contributed by atoms with Gasteiger partial charge in [0.15, 0.2) is 0 Å². The summed E-state index contributed by atoms with van der Waals surface area (Å²) in [4.78, 5) is 14.3. The van der Waals surface area contributed by atoms with Crippen LogP contribution in [-0.4, -0.2) is 54.7 Å². The van der Waals surface area contributed by atoms with Crippen LogP contribution in [0.3, 0.4) is 0 Å². The number of aliphatic hydroxyl groups excluding tert-OH is 1. The molecule has 1 saturated carbocycles. The number of β-amino-alcohol motifs (C(OH)–C–C–N with tert-alkyl or cyclic N) is 1. The Morgan fingerprint density at radius 1 is 1.39 bits per heavy atom. The number of hydrogen-bond donors (Lipinski definition) is 1. The molecule has 3 unspecified atom stereocenters. The van der Waals surface area contributed by atoms with Crippen molar-refractivity contribution in [1.82, 2.24) is 4.90 Å². The molecule has 1 heterocycles. The van der Waals surface area contributed by atoms with Crippen molar-refractivity contribution in [3.63, 3.8) is 0 Å². The minimum atomic E-state index is -0.436. The van der Waals surface area contributed by atoms with Crippen LogP contribution in [0.25, 0.3) is 0 Å². The number of likely N-dealkylation sites (tertiary alicyclic amines) is 1. The second-order valence-corrected chi connectivity index (χ2v) is 5.63. The van der Waals surface area contributed by atoms with Crippen molar-refractivity contribution in [1.29, 1.82) is 0 Å². The third-order valence-electron chi connectivity index (χ3n) is 4.28. The minimum absolute atomic E-state index is 0.219. The molecule has 0 bridgehead atoms. The van der Waals surface area contributed by atoms with Gasteiger partial charge in [-0.25, -0.2) is 0 Å². The van der Waals surface area contributed by atoms with Crippen molar-refractivity contribution < 1.29 is 14.6 Å². The number of aliphatic hydroxyl groups is 1. The molecule has 1 saturated heterocycles. The maximum absolute atomic E-state index is 12.0. The second kappa shape index (κ2) is 6.64. The lowest BCUT2D eigenvalue weighted by Crippen LogP contribution is -2.44. The van der Waals surface area contributed by atoms with Gasteiger partial charge in [-0.3, -0.25) is 9.69 Å². The van der Waals surface area contributed by atoms with Crippen molar-refractivity contribution in [2.24, 2.45) is 5.92 Å². The number of nitrogens with zero attached hydrogens (tertiary/aromatic N) is 1. The van der Waals surface area contributed by atoms with Crippen LogP contribution in [0.2, 0.25) is 0 Å². The van der Waals surface area contributed by atoms with Gasteiger partial charge in [0.1, 0.15) is 5.78 Å². The fraction of sp³-hybridized carbons (Fsp3) is 0.929. The van der Waals surface area contributed by atoms with E-state index >= 15 is 0 Å². The normalized spacial score (nSPS) is 31.8. The number of carbonyl (C=O) groups excluding carboxylic acids is 1. The Kier molecular flexibility index (Phi) is 5.15. The number of methoxy groups -OCH3 is 1. The third kappa shape index (κ3) is 3.31. The highest BCUT2D eigenvalue weighted by atomic mass is 16.5. The average Bonchev–Trinajstić information content (AvgIpc) is 2.78. The van der Waals surface area contributed by atoms with E-state index in [0.717, 1.165) is 38.6 Å². The van der Waals surface area contributed by atoms with Gasteiger partial charge in [-0.05, 0) is 32.2 Å². The molecule has 18 heavy (non-hydrogen) atoms. The Bertz CT molecular complexity index is 282. The summed E-state index contributed by atoms with van der Waals surface area (Å²) in [6.07, 6.45) is 5.87. The molecule has 0 aromatic heterocycles. The summed E-state index contributed by atoms with van der Waals surface area (Å²) in [5.74, 6) is 0.662. The largest absolute Gasteiger partial charge is 0.389 e. The molecule has 3 atom stereocenters. The molecule has 0 aromatic carbocycles. The molecular weight excluding hydrogens is 230 g/mol. The third-order valence-corrected chi connectivity index (χ3v) is 4.28. The molecule has 0 aromatic rings. The summed E-state index contributed by atoms with van der Waals surface area (Å²) in [5, 5.41) is 9.84. The lowest BCUT2D eigenvalue weighted by Gasteiger charge is -2.34. The summed E-state index contributed by atoms with van der Waals surface area (Å²) in [6.45, 7) is 2.03. The van der Waals surface area contributed by atoms with Gasteiger partial charge in [-0.15, -0.1) is 0 Å². The first-order valence-electron chi connectivity index (χ1n) is 7.16. The number of carbonyl (C=O) groups is 1. The summed E-state index contributed by atoms with van der Waals surface area (Å²) in [7, 11) is 1.61. The topological polar surface area (TPSA) is 49.8 Å². The Balaban J connectivity index is 1.91. The molecule has 0 radical (unpaired) electrons. The molecular formula is C14H25NO3. The molecule has 1 aliphatic carbocycles. The number of Topliss-reactive ketones (excluding diaryl/α,β-unsaturated/α-hetero) is 1. The fourth-order valence-corrected chi connectivity index (χ4v) is 3.47. The van der Waals surface area contributed by atoms with Gasteiger partial charge < -0.3 is 9.84 Å². The van der Waals surface area contributed by atoms with Crippen molar-refractivity contribution >= 4 is 5.78 Å². The predicted octanol–water partition coefficient (Wildman–Crippen LogP) is 1.22. The molecule has 0 amide bonds. The van der Waals surface area contributed by atoms with Crippen LogP contribution in [0.4, 0.5) is 0 Å². The average molecular weight is 255 g/mol. The van der Waals surface area contributed by atoms with E-state index in [1.165, 1.54) is 6.42 Å². The molecule has 2 rings (SSSR count). The summed E-state index contributed by atoms with van der Waals surface area (Å²) < 4.78 is 4.97. The van der Waals surface area contributed by atoms with Gasteiger partial charge in [-0.1, -0.05) is 6.42 Å². The van der Waals surface area contributed by atoms with E-state index in [9.17, 15) is 9.90 Å². The van der Waals surface area contributed by atoms with Gasteiger partial charge in [-0.2, -0.15) is 0 Å². The predicted molar refractivity (Wildman–Crippen MR) is 69.4 cm³/mol. The fourth-order valence-electron chi connectivity index (χ4n) is 3.47. The first-order valence-corrected chi connectivity index (χ1v) is 7.16. The zero-order chi connectivity index (χ0) is 13.0. The molecule has 104 valence electrons. The smallest absolute Gasteiger partial charge is 0.137 e. The van der Waals surface area contributed by atoms with Crippen molar-refractivity contribution in [2.45, 2.75) is 50.7 Å². The number of hydrogen-bond acceptors (Lipinski definition) is 4. The van der Waals surface area contributed by atoms with Crippen LogP contribution in [-0.2, 0) is 9.53 Å². The van der Waals surface area contributed by atoms with Gasteiger partial charge in [0, 0.05) is 32.0 Å². The van der Waals surface area contributed by atoms with Gasteiger partial charge in [0.25, 0.3) is 0 Å². The molecule has 0 spiro atoms. The summed E-state index contributed by atoms with van der Waals surface area (Å²) in [5.41, 5.74) is 0. The number of ketones is 1. The van der Waals surface area contributed by atoms with Crippen molar-refractivity contribution in [2.75, 3.05) is 26.8 Å². The van der Waals surface area contributed by atoms with E-state index in [4.69, 9.17) is 4.74 Å². The molecule has 1 N–H and O–H groups in total. The maximum Gasteiger partial charge on any atom is 0.137 e. The monoisotopic (exact) mass is 255 g/mol. The zero-order valence-corrected chi connectivity index (χ0v) is 11.3. The van der Waals surface area contributed by atoms with Crippen LogP contribution in [0.15, 0.2) is 0 Å². The first-order chi connectivity index (χ1) is 8.72. The van der Waals surface area contributed by atoms with Crippen LogP contribution < -0.4 is 0 Å². The highest BCUT2D eigenvalue weighted by Crippen LogP contribution is 2.32. The van der Waals surface area contributed by atoms with E-state index in [0.29, 0.717) is 25.0 Å². The quantitative estimate of drug-likeness (QED) is 0.802. The highest BCUT2D eigenvalue weighted by Gasteiger charge is 2.37. The molecule has 4 heteroatoms. The molecule has 2 aliphatic rings. The lowest BCUT2D eigenvalue weighted by molar-refractivity contribution is -0.126. The number of rotatable bonds is 5.